The number of para-hydroxylation sites is 1. The second-order valence-electron chi connectivity index (χ2n) is 4.19. The lowest BCUT2D eigenvalue weighted by Gasteiger charge is -2.20. The van der Waals surface area contributed by atoms with Gasteiger partial charge in [-0.2, -0.15) is 5.10 Å². The van der Waals surface area contributed by atoms with Crippen LogP contribution in [0.1, 0.15) is 0 Å². The summed E-state index contributed by atoms with van der Waals surface area (Å²) in [4.78, 5) is 13.5. The summed E-state index contributed by atoms with van der Waals surface area (Å²) >= 11 is 0. The minimum absolute atomic E-state index is 0.105. The topological polar surface area (TPSA) is 78.6 Å². The lowest BCUT2D eigenvalue weighted by atomic mass is 10.2. The van der Waals surface area contributed by atoms with Gasteiger partial charge in [-0.3, -0.25) is 9.48 Å². The van der Waals surface area contributed by atoms with Gasteiger partial charge in [0.15, 0.2) is 0 Å². The molecule has 0 atom stereocenters. The number of hydrogen-bond donors (Lipinski definition) is 2. The van der Waals surface area contributed by atoms with Crippen LogP contribution in [0.5, 0.6) is 0 Å². The van der Waals surface area contributed by atoms with Crippen LogP contribution in [-0.4, -0.2) is 57.1 Å². The monoisotopic (exact) mass is 263 g/mol. The third-order valence-electron chi connectivity index (χ3n) is 2.93. The van der Waals surface area contributed by atoms with Crippen LogP contribution >= 0.6 is 0 Å². The SMILES string of the molecule is O=C(Cn1ncc2ccccc21)N(CCO)CCO. The van der Waals surface area contributed by atoms with E-state index in [-0.39, 0.29) is 38.8 Å². The average Bonchev–Trinajstić information content (AvgIpc) is 2.82. The van der Waals surface area contributed by atoms with Gasteiger partial charge < -0.3 is 15.1 Å². The Morgan fingerprint density at radius 1 is 1.21 bits per heavy atom. The number of aromatic nitrogens is 2. The number of aliphatic hydroxyl groups excluding tert-OH is 2. The van der Waals surface area contributed by atoms with Crippen LogP contribution in [0.3, 0.4) is 0 Å². The van der Waals surface area contributed by atoms with Crippen molar-refractivity contribution in [2.24, 2.45) is 0 Å². The van der Waals surface area contributed by atoms with Gasteiger partial charge in [-0.1, -0.05) is 18.2 Å². The summed E-state index contributed by atoms with van der Waals surface area (Å²) in [5.41, 5.74) is 0.892. The van der Waals surface area contributed by atoms with E-state index in [0.29, 0.717) is 0 Å². The Bertz CT molecular complexity index is 547. The molecule has 0 radical (unpaired) electrons. The molecule has 1 heterocycles. The van der Waals surface area contributed by atoms with Gasteiger partial charge in [0.05, 0.1) is 24.9 Å². The minimum atomic E-state index is -0.169. The van der Waals surface area contributed by atoms with Gasteiger partial charge >= 0.3 is 0 Å². The molecule has 0 aliphatic carbocycles. The number of hydrogen-bond acceptors (Lipinski definition) is 4. The number of carbonyl (C=O) groups is 1. The molecule has 6 heteroatoms. The Morgan fingerprint density at radius 3 is 2.58 bits per heavy atom. The molecule has 102 valence electrons. The van der Waals surface area contributed by atoms with Crippen LogP contribution in [-0.2, 0) is 11.3 Å². The zero-order chi connectivity index (χ0) is 13.7. The quantitative estimate of drug-likeness (QED) is 0.759. The number of aliphatic hydroxyl groups is 2. The van der Waals surface area contributed by atoms with E-state index in [1.54, 1.807) is 10.9 Å². The Morgan fingerprint density at radius 2 is 1.89 bits per heavy atom. The van der Waals surface area contributed by atoms with Gasteiger partial charge in [0, 0.05) is 18.5 Å². The fourth-order valence-electron chi connectivity index (χ4n) is 1.98. The summed E-state index contributed by atoms with van der Waals surface area (Å²) in [6.45, 7) is 0.307. The number of nitrogens with zero attached hydrogens (tertiary/aromatic N) is 3. The maximum atomic E-state index is 12.1. The van der Waals surface area contributed by atoms with Gasteiger partial charge in [-0.15, -0.1) is 0 Å². The van der Waals surface area contributed by atoms with E-state index < -0.39 is 0 Å². The van der Waals surface area contributed by atoms with Crippen molar-refractivity contribution in [1.82, 2.24) is 14.7 Å². The van der Waals surface area contributed by atoms with E-state index in [9.17, 15) is 4.79 Å². The highest BCUT2D eigenvalue weighted by Crippen LogP contribution is 2.12. The average molecular weight is 263 g/mol. The normalized spacial score (nSPS) is 10.8. The predicted octanol–water partition coefficient (Wildman–Crippen LogP) is -0.151. The second-order valence-corrected chi connectivity index (χ2v) is 4.19. The molecule has 1 aromatic heterocycles. The van der Waals surface area contributed by atoms with E-state index in [0.717, 1.165) is 10.9 Å². The molecule has 0 spiro atoms. The molecule has 2 rings (SSSR count). The van der Waals surface area contributed by atoms with E-state index in [2.05, 4.69) is 5.10 Å². The maximum Gasteiger partial charge on any atom is 0.244 e. The van der Waals surface area contributed by atoms with E-state index in [1.807, 2.05) is 24.3 Å². The molecule has 0 unspecified atom stereocenters. The van der Waals surface area contributed by atoms with Crippen molar-refractivity contribution < 1.29 is 15.0 Å². The number of amides is 1. The molecule has 1 amide bonds. The van der Waals surface area contributed by atoms with Crippen molar-refractivity contribution in [2.75, 3.05) is 26.3 Å². The highest BCUT2D eigenvalue weighted by atomic mass is 16.3. The minimum Gasteiger partial charge on any atom is -0.395 e. The van der Waals surface area contributed by atoms with Crippen molar-refractivity contribution in [2.45, 2.75) is 6.54 Å². The summed E-state index contributed by atoms with van der Waals surface area (Å²) in [6, 6.07) is 7.64. The Balaban J connectivity index is 2.13. The lowest BCUT2D eigenvalue weighted by molar-refractivity contribution is -0.133. The molecular weight excluding hydrogens is 246 g/mol. The van der Waals surface area contributed by atoms with Crippen LogP contribution in [0.2, 0.25) is 0 Å². The van der Waals surface area contributed by atoms with Crippen LogP contribution in [0.25, 0.3) is 10.9 Å². The zero-order valence-electron chi connectivity index (χ0n) is 10.6. The first-order valence-corrected chi connectivity index (χ1v) is 6.16. The van der Waals surface area contributed by atoms with Gasteiger partial charge in [0.2, 0.25) is 5.91 Å². The Labute approximate surface area is 110 Å². The third-order valence-corrected chi connectivity index (χ3v) is 2.93. The third kappa shape index (κ3) is 3.10. The van der Waals surface area contributed by atoms with E-state index in [1.165, 1.54) is 4.90 Å². The number of carbonyl (C=O) groups excluding carboxylic acids is 1. The second kappa shape index (κ2) is 6.31. The molecule has 19 heavy (non-hydrogen) atoms. The fourth-order valence-corrected chi connectivity index (χ4v) is 1.98. The summed E-state index contributed by atoms with van der Waals surface area (Å²) in [5, 5.41) is 23.0. The predicted molar refractivity (Wildman–Crippen MR) is 70.5 cm³/mol. The zero-order valence-corrected chi connectivity index (χ0v) is 10.6. The summed E-state index contributed by atoms with van der Waals surface area (Å²) in [5.74, 6) is -0.169. The first kappa shape index (κ1) is 13.5. The highest BCUT2D eigenvalue weighted by Gasteiger charge is 2.14. The Kier molecular flexibility index (Phi) is 4.48. The fraction of sp³-hybridized carbons (Fsp3) is 0.385. The van der Waals surface area contributed by atoms with Crippen molar-refractivity contribution in [3.8, 4) is 0 Å². The van der Waals surface area contributed by atoms with Crippen molar-refractivity contribution in [1.29, 1.82) is 0 Å². The first-order chi connectivity index (χ1) is 9.26. The van der Waals surface area contributed by atoms with Crippen LogP contribution < -0.4 is 0 Å². The van der Waals surface area contributed by atoms with E-state index in [4.69, 9.17) is 10.2 Å². The molecule has 1 aromatic carbocycles. The summed E-state index contributed by atoms with van der Waals surface area (Å²) < 4.78 is 1.62. The number of rotatable bonds is 6. The lowest BCUT2D eigenvalue weighted by Crippen LogP contribution is -2.38. The molecule has 0 fully saturated rings. The molecular formula is C13H17N3O3. The number of fused-ring (bicyclic) bond motifs is 1. The van der Waals surface area contributed by atoms with Crippen LogP contribution in [0.15, 0.2) is 30.5 Å². The van der Waals surface area contributed by atoms with Crippen molar-refractivity contribution >= 4 is 16.8 Å². The molecule has 2 aromatic rings. The van der Waals surface area contributed by atoms with Crippen LogP contribution in [0.4, 0.5) is 0 Å². The standard InChI is InChI=1S/C13H17N3O3/c17-7-5-15(6-8-18)13(19)10-16-12-4-2-1-3-11(12)9-14-16/h1-4,9,17-18H,5-8,10H2. The summed E-state index contributed by atoms with van der Waals surface area (Å²) in [6.07, 6.45) is 1.71. The smallest absolute Gasteiger partial charge is 0.244 e. The first-order valence-electron chi connectivity index (χ1n) is 6.16. The molecule has 0 aliphatic rings. The summed E-state index contributed by atoms with van der Waals surface area (Å²) in [7, 11) is 0. The largest absolute Gasteiger partial charge is 0.395 e. The van der Waals surface area contributed by atoms with Gasteiger partial charge in [-0.25, -0.2) is 0 Å². The Hall–Kier alpha value is -1.92. The van der Waals surface area contributed by atoms with Gasteiger partial charge in [-0.05, 0) is 6.07 Å². The number of benzene rings is 1. The highest BCUT2D eigenvalue weighted by molar-refractivity contribution is 5.82. The van der Waals surface area contributed by atoms with Crippen molar-refractivity contribution in [3.63, 3.8) is 0 Å². The maximum absolute atomic E-state index is 12.1. The van der Waals surface area contributed by atoms with Gasteiger partial charge in [0.25, 0.3) is 0 Å². The molecule has 0 saturated heterocycles. The van der Waals surface area contributed by atoms with Gasteiger partial charge in [0.1, 0.15) is 6.54 Å². The van der Waals surface area contributed by atoms with Crippen molar-refractivity contribution in [3.05, 3.63) is 30.5 Å². The molecule has 6 nitrogen and oxygen atoms in total. The molecule has 0 aliphatic heterocycles. The molecule has 2 N–H and O–H groups in total. The van der Waals surface area contributed by atoms with E-state index >= 15 is 0 Å². The van der Waals surface area contributed by atoms with Crippen LogP contribution in [0, 0.1) is 0 Å². The molecule has 0 saturated carbocycles. The molecule has 0 bridgehead atoms.